The van der Waals surface area contributed by atoms with Crippen LogP contribution in [0.4, 0.5) is 0 Å². The van der Waals surface area contributed by atoms with Crippen molar-refractivity contribution in [2.45, 2.75) is 64.6 Å². The number of rotatable bonds is 4. The van der Waals surface area contributed by atoms with Gasteiger partial charge >= 0.3 is 0 Å². The van der Waals surface area contributed by atoms with Crippen molar-refractivity contribution in [2.24, 2.45) is 5.92 Å². The molecule has 1 heteroatoms. The highest BCUT2D eigenvalue weighted by Gasteiger charge is 2.25. The zero-order valence-corrected chi connectivity index (χ0v) is 9.88. The van der Waals surface area contributed by atoms with Crippen LogP contribution in [0.25, 0.3) is 0 Å². The van der Waals surface area contributed by atoms with Crippen LogP contribution in [0.5, 0.6) is 0 Å². The Bertz CT molecular complexity index is 176. The highest BCUT2D eigenvalue weighted by molar-refractivity contribution is 4.82. The van der Waals surface area contributed by atoms with Crippen molar-refractivity contribution in [3.8, 4) is 0 Å². The third-order valence-corrected chi connectivity index (χ3v) is 3.08. The van der Waals surface area contributed by atoms with Crippen molar-refractivity contribution in [1.82, 2.24) is 0 Å². The summed E-state index contributed by atoms with van der Waals surface area (Å²) in [6.45, 7) is 10.4. The van der Waals surface area contributed by atoms with Gasteiger partial charge in [-0.15, -0.1) is 6.58 Å². The lowest BCUT2D eigenvalue weighted by Gasteiger charge is -2.34. The largest absolute Gasteiger partial charge is 0.372 e. The van der Waals surface area contributed by atoms with E-state index in [-0.39, 0.29) is 5.60 Å². The van der Waals surface area contributed by atoms with Crippen molar-refractivity contribution in [3.63, 3.8) is 0 Å². The molecule has 0 unspecified atom stereocenters. The summed E-state index contributed by atoms with van der Waals surface area (Å²) in [5.74, 6) is 0.900. The van der Waals surface area contributed by atoms with Crippen LogP contribution in [0.2, 0.25) is 0 Å². The maximum absolute atomic E-state index is 6.10. The first kappa shape index (κ1) is 11.8. The van der Waals surface area contributed by atoms with Gasteiger partial charge in [-0.05, 0) is 51.9 Å². The van der Waals surface area contributed by atoms with Crippen LogP contribution in [0, 0.1) is 5.92 Å². The topological polar surface area (TPSA) is 9.23 Å². The Labute approximate surface area is 88.5 Å². The third kappa shape index (κ3) is 3.83. The van der Waals surface area contributed by atoms with Crippen LogP contribution in [0.15, 0.2) is 12.7 Å². The molecule has 82 valence electrons. The van der Waals surface area contributed by atoms with E-state index in [0.29, 0.717) is 6.10 Å². The van der Waals surface area contributed by atoms with E-state index in [9.17, 15) is 0 Å². The van der Waals surface area contributed by atoms with E-state index >= 15 is 0 Å². The zero-order chi connectivity index (χ0) is 10.6. The first-order valence-electron chi connectivity index (χ1n) is 5.82. The molecule has 0 bridgehead atoms. The Balaban J connectivity index is 2.33. The molecule has 0 spiro atoms. The lowest BCUT2D eigenvalue weighted by atomic mass is 9.88. The van der Waals surface area contributed by atoms with Crippen molar-refractivity contribution < 1.29 is 4.74 Å². The smallest absolute Gasteiger partial charge is 0.0664 e. The Morgan fingerprint density at radius 2 is 1.86 bits per heavy atom. The molecule has 1 aliphatic carbocycles. The molecule has 0 amide bonds. The first-order valence-corrected chi connectivity index (χ1v) is 5.82. The molecule has 0 aliphatic heterocycles. The van der Waals surface area contributed by atoms with Gasteiger partial charge in [0.05, 0.1) is 11.7 Å². The maximum Gasteiger partial charge on any atom is 0.0664 e. The highest BCUT2D eigenvalue weighted by Crippen LogP contribution is 2.29. The van der Waals surface area contributed by atoms with E-state index in [2.05, 4.69) is 27.4 Å². The Kier molecular flexibility index (Phi) is 4.18. The minimum Gasteiger partial charge on any atom is -0.372 e. The molecule has 0 atom stereocenters. The normalized spacial score (nSPS) is 28.8. The van der Waals surface area contributed by atoms with E-state index in [0.717, 1.165) is 12.3 Å². The Morgan fingerprint density at radius 3 is 2.36 bits per heavy atom. The molecule has 0 heterocycles. The van der Waals surface area contributed by atoms with Gasteiger partial charge in [0.1, 0.15) is 0 Å². The molecule has 1 fully saturated rings. The van der Waals surface area contributed by atoms with Crippen LogP contribution in [-0.2, 0) is 4.74 Å². The summed E-state index contributed by atoms with van der Waals surface area (Å²) >= 11 is 0. The van der Waals surface area contributed by atoms with Crippen molar-refractivity contribution >= 4 is 0 Å². The highest BCUT2D eigenvalue weighted by atomic mass is 16.5. The fraction of sp³-hybridized carbons (Fsp3) is 0.846. The van der Waals surface area contributed by atoms with Crippen LogP contribution in [-0.4, -0.2) is 11.7 Å². The summed E-state index contributed by atoms with van der Waals surface area (Å²) in [6.07, 6.45) is 8.51. The van der Waals surface area contributed by atoms with Crippen LogP contribution in [0.1, 0.15) is 52.9 Å². The molecule has 0 radical (unpaired) electrons. The van der Waals surface area contributed by atoms with Crippen molar-refractivity contribution in [1.29, 1.82) is 0 Å². The lowest BCUT2D eigenvalue weighted by molar-refractivity contribution is -0.0862. The third-order valence-electron chi connectivity index (χ3n) is 3.08. The summed E-state index contributed by atoms with van der Waals surface area (Å²) in [5.41, 5.74) is -0.0208. The van der Waals surface area contributed by atoms with E-state index < -0.39 is 0 Å². The van der Waals surface area contributed by atoms with Crippen LogP contribution in [0.3, 0.4) is 0 Å². The lowest BCUT2D eigenvalue weighted by Crippen LogP contribution is -2.32. The van der Waals surface area contributed by atoms with Crippen molar-refractivity contribution in [2.75, 3.05) is 0 Å². The van der Waals surface area contributed by atoms with Crippen LogP contribution < -0.4 is 0 Å². The fourth-order valence-electron chi connectivity index (χ4n) is 2.19. The van der Waals surface area contributed by atoms with Gasteiger partial charge in [-0.2, -0.15) is 0 Å². The molecule has 1 aliphatic rings. The predicted molar refractivity (Wildman–Crippen MR) is 61.4 cm³/mol. The van der Waals surface area contributed by atoms with Gasteiger partial charge in [-0.1, -0.05) is 13.0 Å². The maximum atomic E-state index is 6.10. The monoisotopic (exact) mass is 196 g/mol. The Hall–Kier alpha value is -0.300. The minimum atomic E-state index is -0.0208. The summed E-state index contributed by atoms with van der Waals surface area (Å²) in [4.78, 5) is 0. The fourth-order valence-corrected chi connectivity index (χ4v) is 2.19. The van der Waals surface area contributed by atoms with Gasteiger partial charge < -0.3 is 4.74 Å². The SMILES string of the molecule is C=CCC(C)(C)OC1CCC(C)CC1. The molecular weight excluding hydrogens is 172 g/mol. The molecular formula is C13H24O. The van der Waals surface area contributed by atoms with E-state index in [1.165, 1.54) is 25.7 Å². The van der Waals surface area contributed by atoms with Gasteiger partial charge in [0.15, 0.2) is 0 Å². The standard InChI is InChI=1S/C13H24O/c1-5-10-13(3,4)14-12-8-6-11(2)7-9-12/h5,11-12H,1,6-10H2,2-4H3. The zero-order valence-electron chi connectivity index (χ0n) is 9.88. The Morgan fingerprint density at radius 1 is 1.29 bits per heavy atom. The van der Waals surface area contributed by atoms with Gasteiger partial charge in [-0.3, -0.25) is 0 Å². The second-order valence-corrected chi connectivity index (χ2v) is 5.25. The molecule has 0 saturated heterocycles. The van der Waals surface area contributed by atoms with Gasteiger partial charge in [0.2, 0.25) is 0 Å². The van der Waals surface area contributed by atoms with Gasteiger partial charge in [0.25, 0.3) is 0 Å². The summed E-state index contributed by atoms with van der Waals surface area (Å²) in [5, 5.41) is 0. The van der Waals surface area contributed by atoms with Gasteiger partial charge in [0, 0.05) is 0 Å². The summed E-state index contributed by atoms with van der Waals surface area (Å²) < 4.78 is 6.10. The second kappa shape index (κ2) is 4.97. The quantitative estimate of drug-likeness (QED) is 0.619. The average molecular weight is 196 g/mol. The molecule has 1 nitrogen and oxygen atoms in total. The summed E-state index contributed by atoms with van der Waals surface area (Å²) in [6, 6.07) is 0. The number of hydrogen-bond donors (Lipinski definition) is 0. The molecule has 1 saturated carbocycles. The van der Waals surface area contributed by atoms with E-state index in [1.54, 1.807) is 0 Å². The predicted octanol–water partition coefficient (Wildman–Crippen LogP) is 3.94. The van der Waals surface area contributed by atoms with Crippen LogP contribution >= 0.6 is 0 Å². The molecule has 14 heavy (non-hydrogen) atoms. The summed E-state index contributed by atoms with van der Waals surface area (Å²) in [7, 11) is 0. The molecule has 0 aromatic heterocycles. The average Bonchev–Trinajstić information content (AvgIpc) is 2.08. The number of ether oxygens (including phenoxy) is 1. The number of hydrogen-bond acceptors (Lipinski definition) is 1. The molecule has 0 N–H and O–H groups in total. The second-order valence-electron chi connectivity index (χ2n) is 5.25. The molecule has 0 aromatic rings. The van der Waals surface area contributed by atoms with E-state index in [1.807, 2.05) is 6.08 Å². The first-order chi connectivity index (χ1) is 6.53. The molecule has 1 rings (SSSR count). The minimum absolute atomic E-state index is 0.0208. The van der Waals surface area contributed by atoms with Gasteiger partial charge in [-0.25, -0.2) is 0 Å². The van der Waals surface area contributed by atoms with E-state index in [4.69, 9.17) is 4.74 Å². The molecule has 0 aromatic carbocycles. The van der Waals surface area contributed by atoms with Crippen molar-refractivity contribution in [3.05, 3.63) is 12.7 Å².